The van der Waals surface area contributed by atoms with Crippen molar-refractivity contribution in [2.45, 2.75) is 19.4 Å². The summed E-state index contributed by atoms with van der Waals surface area (Å²) in [4.78, 5) is 2.09. The number of hydrogen-bond donors (Lipinski definition) is 2. The lowest BCUT2D eigenvalue weighted by Gasteiger charge is -2.20. The fourth-order valence-electron chi connectivity index (χ4n) is 1.73. The zero-order valence-corrected chi connectivity index (χ0v) is 10.8. The Labute approximate surface area is 103 Å². The molecule has 0 fully saturated rings. The Morgan fingerprint density at radius 2 is 2.18 bits per heavy atom. The van der Waals surface area contributed by atoms with Crippen LogP contribution in [0.2, 0.25) is 0 Å². The standard InChI is InChI=1S/C13H22N2O2/c1-10(14)12-6-5-11(9-13(12)16)15(2)7-4-8-17-3/h5-6,9-10,16H,4,7-8,14H2,1-3H3. The molecular formula is C13H22N2O2. The molecule has 0 spiro atoms. The monoisotopic (exact) mass is 238 g/mol. The van der Waals surface area contributed by atoms with Gasteiger partial charge in [0.25, 0.3) is 0 Å². The van der Waals surface area contributed by atoms with Gasteiger partial charge in [-0.2, -0.15) is 0 Å². The van der Waals surface area contributed by atoms with Gasteiger partial charge in [-0.25, -0.2) is 0 Å². The van der Waals surface area contributed by atoms with Gasteiger partial charge in [-0.15, -0.1) is 0 Å². The lowest BCUT2D eigenvalue weighted by atomic mass is 10.1. The van der Waals surface area contributed by atoms with Crippen molar-refractivity contribution < 1.29 is 9.84 Å². The molecule has 0 aromatic heterocycles. The first-order valence-electron chi connectivity index (χ1n) is 5.84. The minimum Gasteiger partial charge on any atom is -0.508 e. The highest BCUT2D eigenvalue weighted by Gasteiger charge is 2.08. The Bertz CT molecular complexity index is 353. The van der Waals surface area contributed by atoms with Gasteiger partial charge in [0, 0.05) is 50.7 Å². The summed E-state index contributed by atoms with van der Waals surface area (Å²) >= 11 is 0. The molecule has 0 bridgehead atoms. The molecule has 96 valence electrons. The summed E-state index contributed by atoms with van der Waals surface area (Å²) in [6, 6.07) is 5.46. The third-order valence-corrected chi connectivity index (χ3v) is 2.79. The molecule has 4 heteroatoms. The van der Waals surface area contributed by atoms with Crippen LogP contribution in [0, 0.1) is 0 Å². The highest BCUT2D eigenvalue weighted by atomic mass is 16.5. The minimum absolute atomic E-state index is 0.150. The average Bonchev–Trinajstić information content (AvgIpc) is 2.28. The van der Waals surface area contributed by atoms with Crippen molar-refractivity contribution in [3.8, 4) is 5.75 Å². The van der Waals surface area contributed by atoms with Crippen LogP contribution in [0.1, 0.15) is 24.9 Å². The van der Waals surface area contributed by atoms with Gasteiger partial charge in [-0.05, 0) is 19.4 Å². The van der Waals surface area contributed by atoms with Crippen LogP contribution in [0.25, 0.3) is 0 Å². The molecule has 0 saturated carbocycles. The van der Waals surface area contributed by atoms with Crippen molar-refractivity contribution in [1.82, 2.24) is 0 Å². The van der Waals surface area contributed by atoms with Crippen molar-refractivity contribution in [3.63, 3.8) is 0 Å². The van der Waals surface area contributed by atoms with E-state index in [1.165, 1.54) is 0 Å². The first-order valence-corrected chi connectivity index (χ1v) is 5.84. The molecule has 0 aliphatic rings. The van der Waals surface area contributed by atoms with Crippen molar-refractivity contribution in [1.29, 1.82) is 0 Å². The second-order valence-electron chi connectivity index (χ2n) is 4.30. The lowest BCUT2D eigenvalue weighted by Crippen LogP contribution is -2.19. The van der Waals surface area contributed by atoms with Gasteiger partial charge in [0.2, 0.25) is 0 Å². The van der Waals surface area contributed by atoms with Gasteiger partial charge in [0.1, 0.15) is 5.75 Å². The maximum absolute atomic E-state index is 9.85. The Morgan fingerprint density at radius 1 is 1.47 bits per heavy atom. The number of benzene rings is 1. The van der Waals surface area contributed by atoms with E-state index in [0.717, 1.165) is 30.8 Å². The van der Waals surface area contributed by atoms with E-state index in [1.807, 2.05) is 26.1 Å². The van der Waals surface area contributed by atoms with E-state index in [2.05, 4.69) is 4.90 Å². The van der Waals surface area contributed by atoms with Crippen molar-refractivity contribution in [3.05, 3.63) is 23.8 Å². The number of rotatable bonds is 6. The number of hydrogen-bond acceptors (Lipinski definition) is 4. The zero-order chi connectivity index (χ0) is 12.8. The topological polar surface area (TPSA) is 58.7 Å². The average molecular weight is 238 g/mol. The predicted octanol–water partition coefficient (Wildman–Crippen LogP) is 1.88. The summed E-state index contributed by atoms with van der Waals surface area (Å²) in [7, 11) is 3.69. The van der Waals surface area contributed by atoms with Gasteiger partial charge in [-0.1, -0.05) is 6.07 Å². The van der Waals surface area contributed by atoms with Crippen LogP contribution in [0.5, 0.6) is 5.75 Å². The number of aromatic hydroxyl groups is 1. The van der Waals surface area contributed by atoms with Crippen LogP contribution in [0.3, 0.4) is 0 Å². The summed E-state index contributed by atoms with van der Waals surface area (Å²) in [6.45, 7) is 3.50. The number of nitrogens with zero attached hydrogens (tertiary/aromatic N) is 1. The molecule has 0 aliphatic heterocycles. The molecule has 0 amide bonds. The van der Waals surface area contributed by atoms with Gasteiger partial charge < -0.3 is 20.5 Å². The Hall–Kier alpha value is -1.26. The molecule has 1 rings (SSSR count). The van der Waals surface area contributed by atoms with E-state index >= 15 is 0 Å². The maximum atomic E-state index is 9.85. The largest absolute Gasteiger partial charge is 0.508 e. The SMILES string of the molecule is COCCCN(C)c1ccc(C(C)N)c(O)c1. The third kappa shape index (κ3) is 3.91. The Balaban J connectivity index is 2.69. The van der Waals surface area contributed by atoms with Gasteiger partial charge >= 0.3 is 0 Å². The maximum Gasteiger partial charge on any atom is 0.122 e. The molecule has 0 heterocycles. The van der Waals surface area contributed by atoms with Crippen LogP contribution in [0.15, 0.2) is 18.2 Å². The highest BCUT2D eigenvalue weighted by Crippen LogP contribution is 2.27. The summed E-state index contributed by atoms with van der Waals surface area (Å²) in [5.74, 6) is 0.260. The Morgan fingerprint density at radius 3 is 2.71 bits per heavy atom. The van der Waals surface area contributed by atoms with E-state index in [4.69, 9.17) is 10.5 Å². The van der Waals surface area contributed by atoms with Gasteiger partial charge in [-0.3, -0.25) is 0 Å². The fourth-order valence-corrected chi connectivity index (χ4v) is 1.73. The lowest BCUT2D eigenvalue weighted by molar-refractivity contribution is 0.196. The quantitative estimate of drug-likeness (QED) is 0.743. The molecule has 1 atom stereocenters. The molecule has 0 aliphatic carbocycles. The molecular weight excluding hydrogens is 216 g/mol. The number of phenols is 1. The van der Waals surface area contributed by atoms with Crippen LogP contribution < -0.4 is 10.6 Å². The normalized spacial score (nSPS) is 12.5. The van der Waals surface area contributed by atoms with Crippen LogP contribution >= 0.6 is 0 Å². The molecule has 3 N–H and O–H groups in total. The second-order valence-corrected chi connectivity index (χ2v) is 4.30. The summed E-state index contributed by atoms with van der Waals surface area (Å²) in [5.41, 5.74) is 7.51. The third-order valence-electron chi connectivity index (χ3n) is 2.79. The van der Waals surface area contributed by atoms with E-state index in [-0.39, 0.29) is 11.8 Å². The molecule has 1 aromatic carbocycles. The summed E-state index contributed by atoms with van der Waals surface area (Å²) in [5, 5.41) is 9.85. The van der Waals surface area contributed by atoms with Crippen molar-refractivity contribution >= 4 is 5.69 Å². The highest BCUT2D eigenvalue weighted by molar-refractivity contribution is 5.53. The molecule has 1 unspecified atom stereocenters. The molecule has 1 aromatic rings. The molecule has 17 heavy (non-hydrogen) atoms. The first kappa shape index (κ1) is 13.8. The van der Waals surface area contributed by atoms with Gasteiger partial charge in [0.15, 0.2) is 0 Å². The van der Waals surface area contributed by atoms with E-state index in [1.54, 1.807) is 13.2 Å². The van der Waals surface area contributed by atoms with Crippen molar-refractivity contribution in [2.24, 2.45) is 5.73 Å². The fraction of sp³-hybridized carbons (Fsp3) is 0.538. The molecule has 4 nitrogen and oxygen atoms in total. The van der Waals surface area contributed by atoms with Gasteiger partial charge in [0.05, 0.1) is 0 Å². The second kappa shape index (κ2) is 6.47. The van der Waals surface area contributed by atoms with E-state index < -0.39 is 0 Å². The summed E-state index contributed by atoms with van der Waals surface area (Å²) in [6.07, 6.45) is 0.961. The number of anilines is 1. The van der Waals surface area contributed by atoms with Crippen LogP contribution in [-0.2, 0) is 4.74 Å². The van der Waals surface area contributed by atoms with Crippen LogP contribution in [0.4, 0.5) is 5.69 Å². The molecule has 0 radical (unpaired) electrons. The van der Waals surface area contributed by atoms with Crippen molar-refractivity contribution in [2.75, 3.05) is 32.2 Å². The molecule has 0 saturated heterocycles. The van der Waals surface area contributed by atoms with E-state index in [9.17, 15) is 5.11 Å². The first-order chi connectivity index (χ1) is 8.06. The zero-order valence-electron chi connectivity index (χ0n) is 10.8. The van der Waals surface area contributed by atoms with E-state index in [0.29, 0.717) is 0 Å². The summed E-state index contributed by atoms with van der Waals surface area (Å²) < 4.78 is 5.01. The number of methoxy groups -OCH3 is 1. The van der Waals surface area contributed by atoms with Crippen LogP contribution in [-0.4, -0.2) is 32.4 Å². The number of nitrogens with two attached hydrogens (primary N) is 1. The number of phenolic OH excluding ortho intramolecular Hbond substituents is 1. The number of ether oxygens (including phenoxy) is 1. The smallest absolute Gasteiger partial charge is 0.122 e. The minimum atomic E-state index is -0.150. The predicted molar refractivity (Wildman–Crippen MR) is 70.5 cm³/mol. The Kier molecular flexibility index (Phi) is 5.25.